The monoisotopic (exact) mass is 330 g/mol. The summed E-state index contributed by atoms with van der Waals surface area (Å²) in [6.07, 6.45) is 2.24. The van der Waals surface area contributed by atoms with Crippen molar-refractivity contribution in [2.75, 3.05) is 0 Å². The molecule has 2 aliphatic rings. The van der Waals surface area contributed by atoms with Crippen LogP contribution in [0.3, 0.4) is 0 Å². The summed E-state index contributed by atoms with van der Waals surface area (Å²) in [5.74, 6) is 0.912. The van der Waals surface area contributed by atoms with E-state index in [4.69, 9.17) is 0 Å². The molecular formula is C18H14N6O. The molecule has 0 spiro atoms. The van der Waals surface area contributed by atoms with Crippen LogP contribution < -0.4 is 5.56 Å². The summed E-state index contributed by atoms with van der Waals surface area (Å²) in [6, 6.07) is 9.92. The summed E-state index contributed by atoms with van der Waals surface area (Å²) in [4.78, 5) is 28.2. The van der Waals surface area contributed by atoms with Crippen LogP contribution in [0, 0.1) is 18.3 Å². The van der Waals surface area contributed by atoms with Crippen molar-refractivity contribution in [1.29, 1.82) is 5.26 Å². The van der Waals surface area contributed by atoms with Gasteiger partial charge in [-0.3, -0.25) is 9.36 Å². The molecule has 2 aromatic rings. The van der Waals surface area contributed by atoms with Gasteiger partial charge in [-0.2, -0.15) is 5.26 Å². The average Bonchev–Trinajstić information content (AvgIpc) is 3.11. The van der Waals surface area contributed by atoms with E-state index >= 15 is 0 Å². The van der Waals surface area contributed by atoms with Crippen LogP contribution >= 0.6 is 0 Å². The van der Waals surface area contributed by atoms with Gasteiger partial charge >= 0.3 is 0 Å². The van der Waals surface area contributed by atoms with Crippen LogP contribution in [0.5, 0.6) is 0 Å². The second-order valence-electron chi connectivity index (χ2n) is 5.78. The first kappa shape index (κ1) is 15.0. The van der Waals surface area contributed by atoms with E-state index in [0.717, 1.165) is 11.3 Å². The molecule has 0 saturated carbocycles. The minimum atomic E-state index is -0.454. The van der Waals surface area contributed by atoms with E-state index in [9.17, 15) is 10.1 Å². The second kappa shape index (κ2) is 5.53. The molecule has 0 radical (unpaired) electrons. The normalized spacial score (nSPS) is 11.1. The number of hydrogen-bond donors (Lipinski definition) is 1. The van der Waals surface area contributed by atoms with Crippen molar-refractivity contribution in [2.24, 2.45) is 0 Å². The summed E-state index contributed by atoms with van der Waals surface area (Å²) in [5, 5.41) is 9.37. The Bertz CT molecular complexity index is 1160. The maximum Gasteiger partial charge on any atom is 0.268 e. The van der Waals surface area contributed by atoms with Crippen LogP contribution in [0.2, 0.25) is 0 Å². The number of hydrogen-bond acceptors (Lipinski definition) is 5. The predicted octanol–water partition coefficient (Wildman–Crippen LogP) is 2.35. The Morgan fingerprint density at radius 3 is 2.68 bits per heavy atom. The number of nitriles is 1. The lowest BCUT2D eigenvalue weighted by molar-refractivity contribution is 0.945. The summed E-state index contributed by atoms with van der Waals surface area (Å²) in [5.41, 5.74) is 3.08. The van der Waals surface area contributed by atoms with Crippen LogP contribution in [-0.4, -0.2) is 24.5 Å². The van der Waals surface area contributed by atoms with Gasteiger partial charge in [0, 0.05) is 12.1 Å². The number of rotatable bonds is 2. The van der Waals surface area contributed by atoms with Crippen LogP contribution in [0.4, 0.5) is 0 Å². The fraction of sp³-hybridized carbons (Fsp3) is 0.167. The van der Waals surface area contributed by atoms with Gasteiger partial charge in [0.25, 0.3) is 5.56 Å². The summed E-state index contributed by atoms with van der Waals surface area (Å²) < 4.78 is 1.84. The quantitative estimate of drug-likeness (QED) is 0.608. The number of nitrogens with one attached hydrogen (secondary N) is 1. The van der Waals surface area contributed by atoms with Gasteiger partial charge in [-0.05, 0) is 19.1 Å². The van der Waals surface area contributed by atoms with Gasteiger partial charge in [0.05, 0.1) is 5.56 Å². The number of aryl methyl sites for hydroxylation is 2. The van der Waals surface area contributed by atoms with E-state index in [-0.39, 0.29) is 5.56 Å². The Balaban J connectivity index is 2.14. The Hall–Kier alpha value is -3.53. The molecule has 7 heteroatoms. The van der Waals surface area contributed by atoms with E-state index in [1.807, 2.05) is 48.7 Å². The third-order valence-electron chi connectivity index (χ3n) is 4.14. The average molecular weight is 330 g/mol. The first-order valence-corrected chi connectivity index (χ1v) is 7.89. The molecule has 3 heterocycles. The van der Waals surface area contributed by atoms with Gasteiger partial charge in [0.15, 0.2) is 5.65 Å². The van der Waals surface area contributed by atoms with E-state index in [1.165, 1.54) is 0 Å². The van der Waals surface area contributed by atoms with Crippen molar-refractivity contribution in [3.63, 3.8) is 0 Å². The number of H-pyrrole nitrogens is 1. The lowest BCUT2D eigenvalue weighted by Gasteiger charge is -2.03. The number of aromatic nitrogens is 5. The Kier molecular flexibility index (Phi) is 3.32. The zero-order valence-electron chi connectivity index (χ0n) is 13.7. The van der Waals surface area contributed by atoms with E-state index in [0.29, 0.717) is 34.8 Å². The van der Waals surface area contributed by atoms with Gasteiger partial charge in [-0.15, -0.1) is 0 Å². The van der Waals surface area contributed by atoms with Gasteiger partial charge in [0.1, 0.15) is 35.1 Å². The molecule has 122 valence electrons. The molecule has 0 atom stereocenters. The molecule has 25 heavy (non-hydrogen) atoms. The predicted molar refractivity (Wildman–Crippen MR) is 92.7 cm³/mol. The molecule has 0 amide bonds. The van der Waals surface area contributed by atoms with Crippen LogP contribution in [0.25, 0.3) is 28.2 Å². The molecule has 1 aromatic heterocycles. The highest BCUT2D eigenvalue weighted by molar-refractivity contribution is 5.91. The van der Waals surface area contributed by atoms with Crippen LogP contribution in [-0.2, 0) is 6.42 Å². The Morgan fingerprint density at radius 2 is 2.00 bits per heavy atom. The van der Waals surface area contributed by atoms with Crippen molar-refractivity contribution >= 4 is 11.2 Å². The number of benzene rings is 1. The van der Waals surface area contributed by atoms with Gasteiger partial charge < -0.3 is 4.98 Å². The topological polar surface area (TPSA) is 100 Å². The van der Waals surface area contributed by atoms with Gasteiger partial charge in [-0.25, -0.2) is 15.0 Å². The highest BCUT2D eigenvalue weighted by Gasteiger charge is 2.23. The van der Waals surface area contributed by atoms with E-state index in [1.54, 1.807) is 6.33 Å². The Morgan fingerprint density at radius 1 is 1.24 bits per heavy atom. The maximum atomic E-state index is 12.1. The number of aromatic amines is 1. The minimum absolute atomic E-state index is 0.0155. The number of fused-ring (bicyclic) bond motifs is 3. The Labute approximate surface area is 143 Å². The molecule has 1 N–H and O–H groups in total. The zero-order valence-corrected chi connectivity index (χ0v) is 13.7. The largest absolute Gasteiger partial charge is 0.305 e. The molecule has 2 aliphatic heterocycles. The summed E-state index contributed by atoms with van der Waals surface area (Å²) in [7, 11) is 0. The number of nitrogens with zero attached hydrogens (tertiary/aromatic N) is 5. The molecule has 1 aromatic carbocycles. The fourth-order valence-electron chi connectivity index (χ4n) is 2.84. The lowest BCUT2D eigenvalue weighted by atomic mass is 10.1. The molecule has 4 rings (SSSR count). The third kappa shape index (κ3) is 2.27. The van der Waals surface area contributed by atoms with Gasteiger partial charge in [0.2, 0.25) is 0 Å². The van der Waals surface area contributed by atoms with Crippen LogP contribution in [0.1, 0.15) is 23.9 Å². The molecule has 0 aliphatic carbocycles. The SMILES string of the molecule is CCc1nc2[nH]c(=O)c(C#N)c-2c2ncn(-c3ccc(C)cc3)c2n1. The van der Waals surface area contributed by atoms with Crippen molar-refractivity contribution in [1.82, 2.24) is 24.5 Å². The first-order chi connectivity index (χ1) is 12.1. The molecule has 0 fully saturated rings. The van der Waals surface area contributed by atoms with Crippen molar-refractivity contribution in [2.45, 2.75) is 20.3 Å². The van der Waals surface area contributed by atoms with Crippen molar-refractivity contribution in [3.05, 3.63) is 57.9 Å². The van der Waals surface area contributed by atoms with Crippen molar-refractivity contribution in [3.8, 4) is 23.1 Å². The van der Waals surface area contributed by atoms with Gasteiger partial charge in [-0.1, -0.05) is 24.6 Å². The van der Waals surface area contributed by atoms with E-state index in [2.05, 4.69) is 19.9 Å². The second-order valence-corrected chi connectivity index (χ2v) is 5.78. The summed E-state index contributed by atoms with van der Waals surface area (Å²) >= 11 is 0. The van der Waals surface area contributed by atoms with Crippen molar-refractivity contribution < 1.29 is 0 Å². The zero-order chi connectivity index (χ0) is 17.6. The minimum Gasteiger partial charge on any atom is -0.305 e. The first-order valence-electron chi connectivity index (χ1n) is 7.89. The molecular weight excluding hydrogens is 316 g/mol. The number of imidazole rings is 1. The highest BCUT2D eigenvalue weighted by Crippen LogP contribution is 2.28. The summed E-state index contributed by atoms with van der Waals surface area (Å²) in [6.45, 7) is 3.96. The van der Waals surface area contributed by atoms with Crippen LogP contribution in [0.15, 0.2) is 35.4 Å². The molecule has 0 unspecified atom stereocenters. The molecule has 0 saturated heterocycles. The highest BCUT2D eigenvalue weighted by atomic mass is 16.1. The lowest BCUT2D eigenvalue weighted by Crippen LogP contribution is -2.01. The maximum absolute atomic E-state index is 12.1. The molecule has 0 bridgehead atoms. The smallest absolute Gasteiger partial charge is 0.268 e. The third-order valence-corrected chi connectivity index (χ3v) is 4.14. The van der Waals surface area contributed by atoms with E-state index < -0.39 is 5.56 Å². The standard InChI is InChI=1S/C18H14N6O/c1-3-13-21-16-14(12(8-19)18(25)23-16)15-17(22-13)24(9-20-15)11-6-4-10(2)5-7-11/h4-7,9H,3H2,1-2H3,(H,21,22,23,25). The fourth-order valence-corrected chi connectivity index (χ4v) is 2.84. The molecule has 7 nitrogen and oxygen atoms in total.